The van der Waals surface area contributed by atoms with Gasteiger partial charge in [0.1, 0.15) is 6.04 Å². The first-order valence-corrected chi connectivity index (χ1v) is 7.77. The molecule has 0 aromatic rings. The van der Waals surface area contributed by atoms with E-state index in [0.717, 1.165) is 26.1 Å². The van der Waals surface area contributed by atoms with Crippen LogP contribution in [0, 0.1) is 0 Å². The zero-order chi connectivity index (χ0) is 15.0. The Kier molecular flexibility index (Phi) is 8.11. The highest BCUT2D eigenvalue weighted by atomic mass is 16.5. The average molecular weight is 285 g/mol. The highest BCUT2D eigenvalue weighted by molar-refractivity contribution is 5.75. The van der Waals surface area contributed by atoms with Gasteiger partial charge in [-0.3, -0.25) is 4.79 Å². The number of nitrogens with one attached hydrogen (secondary N) is 1. The molecule has 0 aliphatic carbocycles. The molecule has 1 aliphatic heterocycles. The number of methoxy groups -OCH3 is 1. The fraction of sp³-hybridized carbons (Fsp3) is 0.933. The molecule has 0 saturated carbocycles. The zero-order valence-electron chi connectivity index (χ0n) is 13.5. The van der Waals surface area contributed by atoms with Crippen molar-refractivity contribution in [3.8, 4) is 0 Å². The highest BCUT2D eigenvalue weighted by Gasteiger charge is 2.20. The maximum Gasteiger partial charge on any atom is 0.322 e. The molecular formula is C15H31N3O2. The van der Waals surface area contributed by atoms with Gasteiger partial charge in [-0.1, -0.05) is 13.8 Å². The smallest absolute Gasteiger partial charge is 0.322 e. The predicted molar refractivity (Wildman–Crippen MR) is 81.9 cm³/mol. The molecule has 0 spiro atoms. The van der Waals surface area contributed by atoms with Crippen molar-refractivity contribution in [2.24, 2.45) is 0 Å². The monoisotopic (exact) mass is 285 g/mol. The minimum absolute atomic E-state index is 0.161. The van der Waals surface area contributed by atoms with E-state index in [1.165, 1.54) is 33.0 Å². The van der Waals surface area contributed by atoms with Crippen molar-refractivity contribution in [3.63, 3.8) is 0 Å². The molecule has 20 heavy (non-hydrogen) atoms. The average Bonchev–Trinajstić information content (AvgIpc) is 2.93. The molecule has 1 saturated heterocycles. The van der Waals surface area contributed by atoms with Crippen LogP contribution in [0.25, 0.3) is 0 Å². The van der Waals surface area contributed by atoms with Crippen LogP contribution in [0.3, 0.4) is 0 Å². The molecule has 0 amide bonds. The molecule has 0 aromatic heterocycles. The van der Waals surface area contributed by atoms with Gasteiger partial charge in [-0.2, -0.15) is 0 Å². The van der Waals surface area contributed by atoms with E-state index in [1.54, 1.807) is 0 Å². The third kappa shape index (κ3) is 6.68. The summed E-state index contributed by atoms with van der Waals surface area (Å²) < 4.78 is 4.86. The van der Waals surface area contributed by atoms with Gasteiger partial charge in [-0.25, -0.2) is 0 Å². The van der Waals surface area contributed by atoms with E-state index in [9.17, 15) is 4.79 Å². The van der Waals surface area contributed by atoms with Crippen molar-refractivity contribution in [1.29, 1.82) is 0 Å². The fourth-order valence-electron chi connectivity index (χ4n) is 2.59. The number of carbonyl (C=O) groups is 1. The molecular weight excluding hydrogens is 254 g/mol. The van der Waals surface area contributed by atoms with Crippen molar-refractivity contribution in [3.05, 3.63) is 0 Å². The summed E-state index contributed by atoms with van der Waals surface area (Å²) in [5, 5.41) is 3.27. The Hall–Kier alpha value is -0.650. The minimum Gasteiger partial charge on any atom is -0.468 e. The molecule has 1 atom stereocenters. The number of likely N-dealkylation sites (tertiary alicyclic amines) is 1. The number of rotatable bonds is 9. The van der Waals surface area contributed by atoms with Gasteiger partial charge in [0, 0.05) is 19.1 Å². The first-order chi connectivity index (χ1) is 9.52. The summed E-state index contributed by atoms with van der Waals surface area (Å²) in [6.07, 6.45) is 3.47. The third-order valence-corrected chi connectivity index (χ3v) is 3.82. The van der Waals surface area contributed by atoms with E-state index < -0.39 is 0 Å². The van der Waals surface area contributed by atoms with Gasteiger partial charge in [0.2, 0.25) is 0 Å². The van der Waals surface area contributed by atoms with Gasteiger partial charge in [0.25, 0.3) is 0 Å². The molecule has 1 aliphatic rings. The molecule has 118 valence electrons. The quantitative estimate of drug-likeness (QED) is 0.639. The maximum absolute atomic E-state index is 11.7. The number of carbonyl (C=O) groups excluding carboxylic acids is 1. The topological polar surface area (TPSA) is 44.8 Å². The lowest BCUT2D eigenvalue weighted by molar-refractivity contribution is -0.143. The summed E-state index contributed by atoms with van der Waals surface area (Å²) in [4.78, 5) is 16.5. The second-order valence-corrected chi connectivity index (χ2v) is 6.04. The Bertz CT molecular complexity index is 278. The van der Waals surface area contributed by atoms with E-state index in [4.69, 9.17) is 4.74 Å². The van der Waals surface area contributed by atoms with Crippen LogP contribution in [0.1, 0.15) is 33.1 Å². The van der Waals surface area contributed by atoms with Gasteiger partial charge in [-0.15, -0.1) is 0 Å². The number of likely N-dealkylation sites (N-methyl/N-ethyl adjacent to an activating group) is 1. The molecule has 1 unspecified atom stereocenters. The largest absolute Gasteiger partial charge is 0.468 e. The molecule has 5 heteroatoms. The van der Waals surface area contributed by atoms with E-state index in [1.807, 2.05) is 13.8 Å². The Morgan fingerprint density at radius 1 is 1.30 bits per heavy atom. The summed E-state index contributed by atoms with van der Waals surface area (Å²) in [6, 6.07) is 0.0863. The number of hydrogen-bond donors (Lipinski definition) is 1. The van der Waals surface area contributed by atoms with Crippen LogP contribution in [-0.2, 0) is 9.53 Å². The summed E-state index contributed by atoms with van der Waals surface area (Å²) in [5.74, 6) is -0.161. The molecule has 0 radical (unpaired) electrons. The summed E-state index contributed by atoms with van der Waals surface area (Å²) in [7, 11) is 3.58. The Morgan fingerprint density at radius 3 is 2.50 bits per heavy atom. The fourth-order valence-corrected chi connectivity index (χ4v) is 2.59. The first-order valence-electron chi connectivity index (χ1n) is 7.77. The molecule has 5 nitrogen and oxygen atoms in total. The van der Waals surface area contributed by atoms with Gasteiger partial charge in [-0.05, 0) is 45.9 Å². The number of esters is 1. The van der Waals surface area contributed by atoms with Crippen LogP contribution in [0.2, 0.25) is 0 Å². The summed E-state index contributed by atoms with van der Waals surface area (Å²) >= 11 is 0. The number of nitrogens with zero attached hydrogens (tertiary/aromatic N) is 2. The predicted octanol–water partition coefficient (Wildman–Crippen LogP) is 0.944. The number of hydrogen-bond acceptors (Lipinski definition) is 5. The molecule has 1 N–H and O–H groups in total. The second kappa shape index (κ2) is 9.32. The Balaban J connectivity index is 2.24. The molecule has 1 heterocycles. The lowest BCUT2D eigenvalue weighted by atomic mass is 10.1. The standard InChI is InChI=1S/C15H31N3O2/c1-13(2)16-14(15(19)20-4)7-10-17(3)11-12-18-8-5-6-9-18/h13-14,16H,5-12H2,1-4H3. The van der Waals surface area contributed by atoms with Crippen molar-refractivity contribution in [2.45, 2.75) is 45.2 Å². The molecule has 0 aromatic carbocycles. The van der Waals surface area contributed by atoms with Crippen LogP contribution in [0.4, 0.5) is 0 Å². The van der Waals surface area contributed by atoms with Crippen molar-refractivity contribution < 1.29 is 9.53 Å². The van der Waals surface area contributed by atoms with Crippen LogP contribution in [0.15, 0.2) is 0 Å². The van der Waals surface area contributed by atoms with Crippen molar-refractivity contribution >= 4 is 5.97 Å². The SMILES string of the molecule is COC(=O)C(CCN(C)CCN1CCCC1)NC(C)C. The summed E-state index contributed by atoms with van der Waals surface area (Å²) in [6.45, 7) is 9.70. The van der Waals surface area contributed by atoms with E-state index in [2.05, 4.69) is 22.2 Å². The molecule has 1 fully saturated rings. The molecule has 0 bridgehead atoms. The van der Waals surface area contributed by atoms with Crippen LogP contribution >= 0.6 is 0 Å². The Morgan fingerprint density at radius 2 is 1.95 bits per heavy atom. The van der Waals surface area contributed by atoms with Gasteiger partial charge < -0.3 is 19.9 Å². The van der Waals surface area contributed by atoms with Crippen LogP contribution in [-0.4, -0.2) is 74.7 Å². The van der Waals surface area contributed by atoms with Crippen LogP contribution < -0.4 is 5.32 Å². The number of ether oxygens (including phenoxy) is 1. The van der Waals surface area contributed by atoms with Crippen LogP contribution in [0.5, 0.6) is 0 Å². The molecule has 1 rings (SSSR count). The van der Waals surface area contributed by atoms with Gasteiger partial charge in [0.05, 0.1) is 7.11 Å². The van der Waals surface area contributed by atoms with E-state index >= 15 is 0 Å². The first kappa shape index (κ1) is 17.4. The van der Waals surface area contributed by atoms with Crippen molar-refractivity contribution in [1.82, 2.24) is 15.1 Å². The normalized spacial score (nSPS) is 17.9. The third-order valence-electron chi connectivity index (χ3n) is 3.82. The highest BCUT2D eigenvalue weighted by Crippen LogP contribution is 2.07. The van der Waals surface area contributed by atoms with Crippen molar-refractivity contribution in [2.75, 3.05) is 46.9 Å². The zero-order valence-corrected chi connectivity index (χ0v) is 13.5. The van der Waals surface area contributed by atoms with E-state index in [0.29, 0.717) is 0 Å². The second-order valence-electron chi connectivity index (χ2n) is 6.04. The Labute approximate surface area is 123 Å². The van der Waals surface area contributed by atoms with Gasteiger partial charge >= 0.3 is 5.97 Å². The van der Waals surface area contributed by atoms with Gasteiger partial charge in [0.15, 0.2) is 0 Å². The maximum atomic E-state index is 11.7. The lowest BCUT2D eigenvalue weighted by Gasteiger charge is -2.24. The summed E-state index contributed by atoms with van der Waals surface area (Å²) in [5.41, 5.74) is 0. The lowest BCUT2D eigenvalue weighted by Crippen LogP contribution is -2.44. The minimum atomic E-state index is -0.200. The van der Waals surface area contributed by atoms with E-state index in [-0.39, 0.29) is 18.1 Å².